The molecule has 8 heteroatoms. The van der Waals surface area contributed by atoms with E-state index in [2.05, 4.69) is 4.72 Å². The van der Waals surface area contributed by atoms with Crippen molar-refractivity contribution in [3.05, 3.63) is 45.1 Å². The minimum Gasteiger partial charge on any atom is -0.477 e. The Morgan fingerprint density at radius 2 is 1.91 bits per heavy atom. The average Bonchev–Trinajstić information content (AvgIpc) is 2.84. The van der Waals surface area contributed by atoms with Crippen LogP contribution in [0.4, 0.5) is 5.69 Å². The highest BCUT2D eigenvalue weighted by atomic mass is 35.5. The predicted molar refractivity (Wildman–Crippen MR) is 92.2 cm³/mol. The second kappa shape index (κ2) is 6.14. The lowest BCUT2D eigenvalue weighted by molar-refractivity contribution is 0.0703. The zero-order chi connectivity index (χ0) is 17.4. The fourth-order valence-electron chi connectivity index (χ4n) is 1.94. The lowest BCUT2D eigenvalue weighted by Gasteiger charge is -2.20. The number of carbonyl (C=O) groups is 1. The van der Waals surface area contributed by atoms with Crippen molar-refractivity contribution >= 4 is 44.6 Å². The summed E-state index contributed by atoms with van der Waals surface area (Å²) < 4.78 is 27.2. The Labute approximate surface area is 144 Å². The first kappa shape index (κ1) is 17.8. The summed E-state index contributed by atoms with van der Waals surface area (Å²) >= 11 is 7.07. The van der Waals surface area contributed by atoms with Gasteiger partial charge in [-0.2, -0.15) is 0 Å². The van der Waals surface area contributed by atoms with E-state index in [1.807, 2.05) is 20.8 Å². The minimum absolute atomic E-state index is 0.0264. The Kier molecular flexibility index (Phi) is 4.75. The fourth-order valence-corrected chi connectivity index (χ4v) is 4.31. The van der Waals surface area contributed by atoms with Gasteiger partial charge in [0, 0.05) is 0 Å². The van der Waals surface area contributed by atoms with E-state index in [0.717, 1.165) is 16.9 Å². The number of sulfonamides is 1. The van der Waals surface area contributed by atoms with E-state index in [9.17, 15) is 13.2 Å². The van der Waals surface area contributed by atoms with E-state index in [0.29, 0.717) is 0 Å². The Morgan fingerprint density at radius 1 is 1.26 bits per heavy atom. The molecule has 0 amide bonds. The molecule has 0 aliphatic heterocycles. The third-order valence-electron chi connectivity index (χ3n) is 3.19. The molecular formula is C15H16ClNO4S2. The second-order valence-electron chi connectivity index (χ2n) is 5.97. The highest BCUT2D eigenvalue weighted by molar-refractivity contribution is 7.92. The number of benzene rings is 1. The Morgan fingerprint density at radius 3 is 2.43 bits per heavy atom. The summed E-state index contributed by atoms with van der Waals surface area (Å²) in [5, 5.41) is 10.7. The number of aromatic carboxylic acids is 1. The van der Waals surface area contributed by atoms with Gasteiger partial charge in [-0.25, -0.2) is 13.2 Å². The van der Waals surface area contributed by atoms with E-state index in [-0.39, 0.29) is 25.9 Å². The fraction of sp³-hybridized carbons (Fsp3) is 0.267. The van der Waals surface area contributed by atoms with Crippen LogP contribution in [0.2, 0.25) is 5.02 Å². The number of carboxylic acid groups (broad SMARTS) is 1. The van der Waals surface area contributed by atoms with Crippen LogP contribution in [0.25, 0.3) is 0 Å². The second-order valence-corrected chi connectivity index (χ2v) is 8.94. The smallest absolute Gasteiger partial charge is 0.348 e. The van der Waals surface area contributed by atoms with Gasteiger partial charge in [0.25, 0.3) is 10.0 Å². The van der Waals surface area contributed by atoms with Crippen molar-refractivity contribution in [3.8, 4) is 0 Å². The zero-order valence-electron chi connectivity index (χ0n) is 12.8. The van der Waals surface area contributed by atoms with Gasteiger partial charge < -0.3 is 5.11 Å². The molecule has 5 nitrogen and oxygen atoms in total. The van der Waals surface area contributed by atoms with Gasteiger partial charge in [-0.15, -0.1) is 11.3 Å². The molecule has 0 fully saturated rings. The van der Waals surface area contributed by atoms with Crippen molar-refractivity contribution in [2.75, 3.05) is 4.72 Å². The van der Waals surface area contributed by atoms with Gasteiger partial charge in [-0.05, 0) is 34.6 Å². The summed E-state index contributed by atoms with van der Waals surface area (Å²) in [7, 11) is -3.97. The minimum atomic E-state index is -3.97. The quantitative estimate of drug-likeness (QED) is 0.841. The van der Waals surface area contributed by atoms with Gasteiger partial charge in [-0.1, -0.05) is 38.4 Å². The Balaban J connectivity index is 2.41. The van der Waals surface area contributed by atoms with Crippen LogP contribution in [0.1, 0.15) is 36.0 Å². The number of thiophene rings is 1. The first-order valence-electron chi connectivity index (χ1n) is 6.66. The number of hydrogen-bond donors (Lipinski definition) is 2. The summed E-state index contributed by atoms with van der Waals surface area (Å²) in [5.74, 6) is -1.19. The molecule has 0 saturated heterocycles. The Hall–Kier alpha value is -1.57. The molecule has 0 aliphatic rings. The van der Waals surface area contributed by atoms with Crippen molar-refractivity contribution in [1.29, 1.82) is 0 Å². The van der Waals surface area contributed by atoms with Crippen LogP contribution in [0.15, 0.2) is 34.5 Å². The van der Waals surface area contributed by atoms with Crippen LogP contribution in [0.5, 0.6) is 0 Å². The van der Waals surface area contributed by atoms with Crippen molar-refractivity contribution < 1.29 is 18.3 Å². The largest absolute Gasteiger partial charge is 0.477 e. The van der Waals surface area contributed by atoms with Crippen LogP contribution in [-0.4, -0.2) is 19.5 Å². The van der Waals surface area contributed by atoms with E-state index < -0.39 is 16.0 Å². The number of halogens is 1. The van der Waals surface area contributed by atoms with E-state index in [1.165, 1.54) is 17.5 Å². The summed E-state index contributed by atoms with van der Waals surface area (Å²) in [5.41, 5.74) is 0.769. The molecule has 0 saturated carbocycles. The SMILES string of the molecule is CC(C)(C)c1ccc(S(=O)(=O)Nc2ccsc2C(=O)O)c(Cl)c1. The molecule has 1 aromatic carbocycles. The van der Waals surface area contributed by atoms with Gasteiger partial charge in [0.05, 0.1) is 10.7 Å². The summed E-state index contributed by atoms with van der Waals surface area (Å²) in [4.78, 5) is 10.9. The first-order chi connectivity index (χ1) is 10.5. The normalized spacial score (nSPS) is 12.2. The zero-order valence-corrected chi connectivity index (χ0v) is 15.1. The number of nitrogens with one attached hydrogen (secondary N) is 1. The maximum Gasteiger partial charge on any atom is 0.348 e. The molecule has 0 bridgehead atoms. The average molecular weight is 374 g/mol. The summed E-state index contributed by atoms with van der Waals surface area (Å²) in [6, 6.07) is 6.15. The molecule has 0 unspecified atom stereocenters. The molecule has 124 valence electrons. The van der Waals surface area contributed by atoms with Crippen LogP contribution in [-0.2, 0) is 15.4 Å². The van der Waals surface area contributed by atoms with Crippen molar-refractivity contribution in [2.24, 2.45) is 0 Å². The van der Waals surface area contributed by atoms with Gasteiger partial charge in [0.1, 0.15) is 9.77 Å². The van der Waals surface area contributed by atoms with Gasteiger partial charge in [0.2, 0.25) is 0 Å². The van der Waals surface area contributed by atoms with Gasteiger partial charge in [0.15, 0.2) is 0 Å². The first-order valence-corrected chi connectivity index (χ1v) is 9.40. The molecule has 0 radical (unpaired) electrons. The maximum atomic E-state index is 12.5. The van der Waals surface area contributed by atoms with E-state index in [1.54, 1.807) is 12.1 Å². The monoisotopic (exact) mass is 373 g/mol. The van der Waals surface area contributed by atoms with Crippen LogP contribution in [0, 0.1) is 0 Å². The third kappa shape index (κ3) is 3.85. The molecule has 1 aromatic heterocycles. The molecular weight excluding hydrogens is 358 g/mol. The molecule has 0 spiro atoms. The van der Waals surface area contributed by atoms with Crippen molar-refractivity contribution in [1.82, 2.24) is 0 Å². The highest BCUT2D eigenvalue weighted by Gasteiger charge is 2.23. The number of anilines is 1. The standard InChI is InChI=1S/C15H16ClNO4S2/c1-15(2,3)9-4-5-12(10(16)8-9)23(20,21)17-11-6-7-22-13(11)14(18)19/h4-8,17H,1-3H3,(H,18,19). The van der Waals surface area contributed by atoms with Crippen LogP contribution >= 0.6 is 22.9 Å². The molecule has 1 heterocycles. The molecule has 2 N–H and O–H groups in total. The number of hydrogen-bond acceptors (Lipinski definition) is 4. The number of carboxylic acids is 1. The highest BCUT2D eigenvalue weighted by Crippen LogP contribution is 2.31. The summed E-state index contributed by atoms with van der Waals surface area (Å²) in [6.45, 7) is 5.99. The van der Waals surface area contributed by atoms with Crippen molar-refractivity contribution in [2.45, 2.75) is 31.1 Å². The van der Waals surface area contributed by atoms with Gasteiger partial charge >= 0.3 is 5.97 Å². The van der Waals surface area contributed by atoms with E-state index in [4.69, 9.17) is 16.7 Å². The third-order valence-corrected chi connectivity index (χ3v) is 5.94. The molecule has 0 atom stereocenters. The molecule has 2 rings (SSSR count). The van der Waals surface area contributed by atoms with E-state index >= 15 is 0 Å². The molecule has 0 aliphatic carbocycles. The maximum absolute atomic E-state index is 12.5. The van der Waals surface area contributed by atoms with Crippen LogP contribution in [0.3, 0.4) is 0 Å². The lowest BCUT2D eigenvalue weighted by Crippen LogP contribution is -2.16. The molecule has 2 aromatic rings. The van der Waals surface area contributed by atoms with Crippen molar-refractivity contribution in [3.63, 3.8) is 0 Å². The lowest BCUT2D eigenvalue weighted by atomic mass is 9.87. The topological polar surface area (TPSA) is 83.5 Å². The summed E-state index contributed by atoms with van der Waals surface area (Å²) in [6.07, 6.45) is 0. The molecule has 23 heavy (non-hydrogen) atoms. The predicted octanol–water partition coefficient (Wildman–Crippen LogP) is 4.20. The van der Waals surface area contributed by atoms with Crippen LogP contribution < -0.4 is 4.72 Å². The van der Waals surface area contributed by atoms with Gasteiger partial charge in [-0.3, -0.25) is 4.72 Å². The Bertz CT molecular complexity index is 851. The number of rotatable bonds is 4.